The summed E-state index contributed by atoms with van der Waals surface area (Å²) in [7, 11) is 0. The molecule has 0 saturated heterocycles. The molecule has 0 aliphatic rings. The number of primary amides is 1. The van der Waals surface area contributed by atoms with Gasteiger partial charge in [0.15, 0.2) is 5.13 Å². The Hall–Kier alpha value is -3.39. The lowest BCUT2D eigenvalue weighted by Crippen LogP contribution is -2.35. The van der Waals surface area contributed by atoms with Gasteiger partial charge in [-0.25, -0.2) is 19.7 Å². The number of urea groups is 1. The van der Waals surface area contributed by atoms with Crippen molar-refractivity contribution < 1.29 is 4.79 Å². The van der Waals surface area contributed by atoms with Gasteiger partial charge in [0.25, 0.3) is 0 Å². The third kappa shape index (κ3) is 3.73. The molecule has 2 amide bonds. The molecule has 0 aliphatic heterocycles. The fraction of sp³-hybridized carbons (Fsp3) is 0.227. The summed E-state index contributed by atoms with van der Waals surface area (Å²) in [5.41, 5.74) is 9.93. The summed E-state index contributed by atoms with van der Waals surface area (Å²) >= 11 is 1.43. The van der Waals surface area contributed by atoms with Crippen molar-refractivity contribution in [2.45, 2.75) is 26.7 Å². The molecular weight excluding hydrogens is 396 g/mol. The van der Waals surface area contributed by atoms with Crippen LogP contribution in [0.5, 0.6) is 0 Å². The summed E-state index contributed by atoms with van der Waals surface area (Å²) in [6.45, 7) is 6.45. The van der Waals surface area contributed by atoms with E-state index in [0.29, 0.717) is 11.7 Å². The number of benzene rings is 1. The molecular formula is C22H22N6OS. The summed E-state index contributed by atoms with van der Waals surface area (Å²) in [6, 6.07) is 9.33. The molecule has 3 aromatic heterocycles. The van der Waals surface area contributed by atoms with Gasteiger partial charge in [0.05, 0.1) is 15.9 Å². The van der Waals surface area contributed by atoms with E-state index >= 15 is 0 Å². The van der Waals surface area contributed by atoms with Crippen molar-refractivity contribution in [3.8, 4) is 22.4 Å². The summed E-state index contributed by atoms with van der Waals surface area (Å²) in [4.78, 5) is 31.5. The zero-order valence-electron chi connectivity index (χ0n) is 17.0. The molecule has 8 heteroatoms. The molecule has 0 spiro atoms. The van der Waals surface area contributed by atoms with E-state index in [4.69, 9.17) is 10.7 Å². The second-order valence-electron chi connectivity index (χ2n) is 7.15. The number of aromatic nitrogens is 4. The molecule has 0 fully saturated rings. The summed E-state index contributed by atoms with van der Waals surface area (Å²) < 4.78 is 0.951. The number of hydrogen-bond donors (Lipinski definition) is 1. The Balaban J connectivity index is 1.91. The molecule has 0 radical (unpaired) electrons. The van der Waals surface area contributed by atoms with Crippen molar-refractivity contribution in [3.63, 3.8) is 0 Å². The minimum atomic E-state index is -0.520. The number of hydrogen-bond acceptors (Lipinski definition) is 6. The first-order chi connectivity index (χ1) is 14.5. The van der Waals surface area contributed by atoms with Gasteiger partial charge in [0, 0.05) is 42.2 Å². The topological polar surface area (TPSA) is 97.9 Å². The average Bonchev–Trinajstić information content (AvgIpc) is 3.17. The Bertz CT molecular complexity index is 1190. The van der Waals surface area contributed by atoms with E-state index in [1.807, 2.05) is 43.6 Å². The van der Waals surface area contributed by atoms with Crippen LogP contribution in [0.25, 0.3) is 32.6 Å². The summed E-state index contributed by atoms with van der Waals surface area (Å²) in [6.07, 6.45) is 5.43. The molecule has 0 atom stereocenters. The maximum atomic E-state index is 11.8. The van der Waals surface area contributed by atoms with Crippen LogP contribution < -0.4 is 10.6 Å². The van der Waals surface area contributed by atoms with Crippen LogP contribution in [0.1, 0.15) is 32.5 Å². The summed E-state index contributed by atoms with van der Waals surface area (Å²) in [5, 5.41) is 0.570. The van der Waals surface area contributed by atoms with Crippen LogP contribution in [-0.2, 0) is 0 Å². The Morgan fingerprint density at radius 1 is 1.13 bits per heavy atom. The first kappa shape index (κ1) is 19.9. The van der Waals surface area contributed by atoms with E-state index in [0.717, 1.165) is 38.4 Å². The van der Waals surface area contributed by atoms with Crippen molar-refractivity contribution in [2.24, 2.45) is 5.73 Å². The maximum Gasteiger partial charge on any atom is 0.321 e. The number of pyridine rings is 1. The van der Waals surface area contributed by atoms with Crippen LogP contribution in [0, 0.1) is 0 Å². The van der Waals surface area contributed by atoms with Crippen LogP contribution in [0.3, 0.4) is 0 Å². The number of thiazole rings is 1. The van der Waals surface area contributed by atoms with Gasteiger partial charge < -0.3 is 5.73 Å². The molecule has 4 rings (SSSR count). The third-order valence-corrected chi connectivity index (χ3v) is 5.88. The van der Waals surface area contributed by atoms with Crippen LogP contribution >= 0.6 is 11.3 Å². The van der Waals surface area contributed by atoms with E-state index in [-0.39, 0.29) is 5.92 Å². The van der Waals surface area contributed by atoms with Gasteiger partial charge in [0.1, 0.15) is 5.82 Å². The minimum absolute atomic E-state index is 0.264. The van der Waals surface area contributed by atoms with E-state index in [1.54, 1.807) is 6.20 Å². The monoisotopic (exact) mass is 418 g/mol. The highest BCUT2D eigenvalue weighted by molar-refractivity contribution is 7.23. The zero-order valence-corrected chi connectivity index (χ0v) is 17.8. The first-order valence-electron chi connectivity index (χ1n) is 9.73. The van der Waals surface area contributed by atoms with Gasteiger partial charge in [0.2, 0.25) is 0 Å². The summed E-state index contributed by atoms with van der Waals surface area (Å²) in [5.74, 6) is 1.07. The van der Waals surface area contributed by atoms with Gasteiger partial charge >= 0.3 is 6.03 Å². The molecule has 4 aromatic rings. The molecule has 0 aliphatic carbocycles. The normalized spacial score (nSPS) is 11.2. The molecule has 0 bridgehead atoms. The number of nitrogens with two attached hydrogens (primary N) is 1. The predicted octanol–water partition coefficient (Wildman–Crippen LogP) is 4.84. The maximum absolute atomic E-state index is 11.8. The fourth-order valence-corrected chi connectivity index (χ4v) is 4.32. The van der Waals surface area contributed by atoms with Crippen LogP contribution in [0.2, 0.25) is 0 Å². The number of carbonyl (C=O) groups is 1. The Labute approximate surface area is 178 Å². The Morgan fingerprint density at radius 2 is 1.90 bits per heavy atom. The highest BCUT2D eigenvalue weighted by atomic mass is 32.1. The number of amides is 2. The number of carbonyl (C=O) groups excluding carboxylic acids is 1. The highest BCUT2D eigenvalue weighted by Crippen LogP contribution is 2.39. The quantitative estimate of drug-likeness (QED) is 0.500. The average molecular weight is 419 g/mol. The number of nitrogens with zero attached hydrogens (tertiary/aromatic N) is 5. The molecule has 0 saturated carbocycles. The largest absolute Gasteiger partial charge is 0.351 e. The van der Waals surface area contributed by atoms with Crippen molar-refractivity contribution in [1.82, 2.24) is 19.9 Å². The van der Waals surface area contributed by atoms with E-state index < -0.39 is 6.03 Å². The van der Waals surface area contributed by atoms with Crippen LogP contribution in [-0.4, -0.2) is 32.5 Å². The molecule has 152 valence electrons. The SMILES string of the molecule is CCN(C(N)=O)c1nc2cc(-c3cnc(C(C)C)nc3)cc(-c3ccccn3)c2s1. The van der Waals surface area contributed by atoms with Crippen LogP contribution in [0.15, 0.2) is 48.9 Å². The van der Waals surface area contributed by atoms with Crippen LogP contribution in [0.4, 0.5) is 9.93 Å². The highest BCUT2D eigenvalue weighted by Gasteiger charge is 2.19. The van der Waals surface area contributed by atoms with Gasteiger partial charge in [-0.05, 0) is 36.8 Å². The smallest absolute Gasteiger partial charge is 0.321 e. The fourth-order valence-electron chi connectivity index (χ4n) is 3.19. The third-order valence-electron chi connectivity index (χ3n) is 4.75. The molecule has 0 unspecified atom stereocenters. The predicted molar refractivity (Wildman–Crippen MR) is 121 cm³/mol. The van der Waals surface area contributed by atoms with Crippen molar-refractivity contribution in [3.05, 3.63) is 54.7 Å². The Kier molecular flexibility index (Phi) is 5.41. The number of fused-ring (bicyclic) bond motifs is 1. The second-order valence-corrected chi connectivity index (χ2v) is 8.13. The van der Waals surface area contributed by atoms with Gasteiger partial charge in [-0.3, -0.25) is 9.88 Å². The van der Waals surface area contributed by atoms with Crippen molar-refractivity contribution in [2.75, 3.05) is 11.4 Å². The zero-order chi connectivity index (χ0) is 21.3. The molecule has 2 N–H and O–H groups in total. The van der Waals surface area contributed by atoms with Gasteiger partial charge in [-0.2, -0.15) is 0 Å². The van der Waals surface area contributed by atoms with E-state index in [9.17, 15) is 4.79 Å². The number of anilines is 1. The van der Waals surface area contributed by atoms with E-state index in [2.05, 4.69) is 34.9 Å². The minimum Gasteiger partial charge on any atom is -0.351 e. The van der Waals surface area contributed by atoms with Gasteiger partial charge in [-0.15, -0.1) is 0 Å². The standard InChI is InChI=1S/C22H22N6OS/c1-4-28(21(23)29)22-27-18-10-14(15-11-25-20(13(2)3)26-12-15)9-16(19(18)30-22)17-7-5-6-8-24-17/h5-13H,4H2,1-3H3,(H2,23,29). The molecule has 1 aromatic carbocycles. The Morgan fingerprint density at radius 3 is 2.50 bits per heavy atom. The lowest BCUT2D eigenvalue weighted by Gasteiger charge is -2.13. The first-order valence-corrected chi connectivity index (χ1v) is 10.5. The number of rotatable bonds is 5. The van der Waals surface area contributed by atoms with E-state index in [1.165, 1.54) is 16.2 Å². The molecule has 3 heterocycles. The molecule has 30 heavy (non-hydrogen) atoms. The van der Waals surface area contributed by atoms with Gasteiger partial charge in [-0.1, -0.05) is 31.3 Å². The van der Waals surface area contributed by atoms with Crippen molar-refractivity contribution in [1.29, 1.82) is 0 Å². The lowest BCUT2D eigenvalue weighted by molar-refractivity contribution is 0.254. The second kappa shape index (κ2) is 8.16. The lowest BCUT2D eigenvalue weighted by atomic mass is 10.0. The van der Waals surface area contributed by atoms with Crippen molar-refractivity contribution >= 4 is 32.7 Å². The molecule has 7 nitrogen and oxygen atoms in total.